The van der Waals surface area contributed by atoms with E-state index in [0.717, 1.165) is 12.5 Å². The number of unbranched alkanes of at least 4 members (excludes halogenated alkanes) is 1. The smallest absolute Gasteiger partial charge is 0.0329 e. The summed E-state index contributed by atoms with van der Waals surface area (Å²) in [6, 6.07) is 0. The molecule has 0 saturated carbocycles. The highest BCUT2D eigenvalue weighted by Crippen LogP contribution is 2.38. The van der Waals surface area contributed by atoms with E-state index in [1.165, 1.54) is 45.2 Å². The van der Waals surface area contributed by atoms with E-state index in [1.807, 2.05) is 0 Å². The molecule has 1 aliphatic heterocycles. The molecule has 2 N–H and O–H groups in total. The second kappa shape index (κ2) is 6.38. The predicted molar refractivity (Wildman–Crippen MR) is 80.7 cm³/mol. The van der Waals surface area contributed by atoms with Gasteiger partial charge in [-0.15, -0.1) is 0 Å². The first kappa shape index (κ1) is 16.0. The van der Waals surface area contributed by atoms with Crippen molar-refractivity contribution in [2.75, 3.05) is 19.6 Å². The Morgan fingerprint density at radius 1 is 1.22 bits per heavy atom. The lowest BCUT2D eigenvalue weighted by Gasteiger charge is -2.42. The zero-order valence-electron chi connectivity index (χ0n) is 13.3. The van der Waals surface area contributed by atoms with Crippen LogP contribution in [0.2, 0.25) is 0 Å². The maximum Gasteiger partial charge on any atom is 0.0329 e. The van der Waals surface area contributed by atoms with Crippen molar-refractivity contribution in [3.05, 3.63) is 0 Å². The van der Waals surface area contributed by atoms with Crippen LogP contribution in [0.4, 0.5) is 0 Å². The van der Waals surface area contributed by atoms with Gasteiger partial charge >= 0.3 is 0 Å². The van der Waals surface area contributed by atoms with Gasteiger partial charge in [-0.25, -0.2) is 0 Å². The van der Waals surface area contributed by atoms with Gasteiger partial charge in [-0.2, -0.15) is 0 Å². The van der Waals surface area contributed by atoms with Gasteiger partial charge in [-0.3, -0.25) is 4.90 Å². The topological polar surface area (TPSA) is 29.3 Å². The largest absolute Gasteiger partial charge is 0.329 e. The molecule has 1 heterocycles. The summed E-state index contributed by atoms with van der Waals surface area (Å²) in [4.78, 5) is 2.71. The average Bonchev–Trinajstić information content (AvgIpc) is 2.81. The van der Waals surface area contributed by atoms with Gasteiger partial charge in [-0.05, 0) is 37.1 Å². The van der Waals surface area contributed by atoms with Crippen LogP contribution in [0.5, 0.6) is 0 Å². The van der Waals surface area contributed by atoms with Gasteiger partial charge in [0.2, 0.25) is 0 Å². The second-order valence-electron chi connectivity index (χ2n) is 7.18. The minimum atomic E-state index is 0.274. The average molecular weight is 254 g/mol. The van der Waals surface area contributed by atoms with Crippen LogP contribution in [-0.4, -0.2) is 30.1 Å². The zero-order chi connectivity index (χ0) is 13.8. The van der Waals surface area contributed by atoms with Crippen LogP contribution in [0.3, 0.4) is 0 Å². The third-order valence-corrected chi connectivity index (χ3v) is 5.12. The number of hydrogen-bond acceptors (Lipinski definition) is 2. The zero-order valence-corrected chi connectivity index (χ0v) is 13.3. The molecule has 1 rings (SSSR count). The van der Waals surface area contributed by atoms with Gasteiger partial charge in [0.05, 0.1) is 0 Å². The lowest BCUT2D eigenvalue weighted by Crippen LogP contribution is -2.52. The lowest BCUT2D eigenvalue weighted by atomic mass is 9.80. The Labute approximate surface area is 114 Å². The van der Waals surface area contributed by atoms with E-state index in [4.69, 9.17) is 5.73 Å². The van der Waals surface area contributed by atoms with E-state index in [2.05, 4.69) is 39.5 Å². The molecular weight excluding hydrogens is 220 g/mol. The van der Waals surface area contributed by atoms with E-state index in [0.29, 0.717) is 5.41 Å². The van der Waals surface area contributed by atoms with E-state index in [9.17, 15) is 0 Å². The molecule has 1 aliphatic rings. The number of rotatable bonds is 6. The molecule has 0 aromatic heterocycles. The molecule has 0 aliphatic carbocycles. The van der Waals surface area contributed by atoms with Crippen molar-refractivity contribution >= 4 is 0 Å². The Kier molecular flexibility index (Phi) is 5.67. The fourth-order valence-electron chi connectivity index (χ4n) is 3.34. The molecule has 2 nitrogen and oxygen atoms in total. The molecule has 0 bridgehead atoms. The van der Waals surface area contributed by atoms with Gasteiger partial charge in [0.15, 0.2) is 0 Å². The van der Waals surface area contributed by atoms with Gasteiger partial charge in [0.1, 0.15) is 0 Å². The van der Waals surface area contributed by atoms with Crippen LogP contribution >= 0.6 is 0 Å². The van der Waals surface area contributed by atoms with Crippen LogP contribution in [0.15, 0.2) is 0 Å². The summed E-state index contributed by atoms with van der Waals surface area (Å²) in [5.74, 6) is 0.830. The van der Waals surface area contributed by atoms with Crippen LogP contribution in [0.1, 0.15) is 66.7 Å². The molecule has 1 saturated heterocycles. The summed E-state index contributed by atoms with van der Waals surface area (Å²) < 4.78 is 0. The molecule has 108 valence electrons. The summed E-state index contributed by atoms with van der Waals surface area (Å²) in [5.41, 5.74) is 6.86. The molecular formula is C16H34N2. The van der Waals surface area contributed by atoms with Gasteiger partial charge in [0, 0.05) is 18.6 Å². The van der Waals surface area contributed by atoms with Crippen molar-refractivity contribution in [1.82, 2.24) is 4.90 Å². The molecule has 2 atom stereocenters. The Bertz CT molecular complexity index is 238. The van der Waals surface area contributed by atoms with Crippen LogP contribution in [0.25, 0.3) is 0 Å². The number of nitrogens with two attached hydrogens (primary N) is 1. The highest BCUT2D eigenvalue weighted by atomic mass is 15.2. The van der Waals surface area contributed by atoms with Crippen molar-refractivity contribution < 1.29 is 0 Å². The Morgan fingerprint density at radius 2 is 1.89 bits per heavy atom. The molecule has 0 radical (unpaired) electrons. The van der Waals surface area contributed by atoms with Crippen LogP contribution in [0, 0.1) is 11.3 Å². The highest BCUT2D eigenvalue weighted by Gasteiger charge is 2.40. The number of nitrogens with zero attached hydrogens (tertiary/aromatic N) is 1. The summed E-state index contributed by atoms with van der Waals surface area (Å²) in [6.07, 6.45) is 6.39. The first-order valence-corrected chi connectivity index (χ1v) is 7.84. The summed E-state index contributed by atoms with van der Waals surface area (Å²) >= 11 is 0. The molecule has 0 amide bonds. The van der Waals surface area contributed by atoms with Gasteiger partial charge < -0.3 is 5.73 Å². The molecule has 0 aromatic carbocycles. The predicted octanol–water partition coefficient (Wildman–Crippen LogP) is 3.65. The Balaban J connectivity index is 2.71. The van der Waals surface area contributed by atoms with E-state index in [1.54, 1.807) is 0 Å². The second-order valence-corrected chi connectivity index (χ2v) is 7.18. The monoisotopic (exact) mass is 254 g/mol. The summed E-state index contributed by atoms with van der Waals surface area (Å²) in [6.45, 7) is 15.0. The normalized spacial score (nSPS) is 25.3. The highest BCUT2D eigenvalue weighted by molar-refractivity contribution is 4.96. The fraction of sp³-hybridized carbons (Fsp3) is 1.00. The molecule has 1 fully saturated rings. The van der Waals surface area contributed by atoms with Gasteiger partial charge in [0.25, 0.3) is 0 Å². The van der Waals surface area contributed by atoms with Crippen molar-refractivity contribution in [2.24, 2.45) is 17.1 Å². The van der Waals surface area contributed by atoms with Crippen molar-refractivity contribution in [1.29, 1.82) is 0 Å². The molecule has 0 aromatic rings. The summed E-state index contributed by atoms with van der Waals surface area (Å²) in [7, 11) is 0. The van der Waals surface area contributed by atoms with E-state index in [-0.39, 0.29) is 5.54 Å². The summed E-state index contributed by atoms with van der Waals surface area (Å²) in [5, 5.41) is 0. The maximum absolute atomic E-state index is 6.15. The minimum Gasteiger partial charge on any atom is -0.329 e. The lowest BCUT2D eigenvalue weighted by molar-refractivity contribution is 0.0915. The number of likely N-dealkylation sites (tertiary alicyclic amines) is 1. The van der Waals surface area contributed by atoms with Crippen molar-refractivity contribution in [2.45, 2.75) is 72.3 Å². The molecule has 2 unspecified atom stereocenters. The third kappa shape index (κ3) is 3.48. The minimum absolute atomic E-state index is 0.274. The third-order valence-electron chi connectivity index (χ3n) is 5.12. The molecule has 0 spiro atoms. The Morgan fingerprint density at radius 3 is 2.28 bits per heavy atom. The SMILES string of the molecule is CCCCC(CC)(CN)N1CCC(C(C)(C)C)C1. The molecule has 18 heavy (non-hydrogen) atoms. The Hall–Kier alpha value is -0.0800. The quantitative estimate of drug-likeness (QED) is 0.784. The van der Waals surface area contributed by atoms with Crippen molar-refractivity contribution in [3.63, 3.8) is 0 Å². The number of hydrogen-bond donors (Lipinski definition) is 1. The maximum atomic E-state index is 6.15. The molecule has 2 heteroatoms. The standard InChI is InChI=1S/C16H34N2/c1-6-8-10-16(7-2,13-17)18-11-9-14(12-18)15(3,4)5/h14H,6-13,17H2,1-5H3. The van der Waals surface area contributed by atoms with Crippen LogP contribution in [-0.2, 0) is 0 Å². The fourth-order valence-corrected chi connectivity index (χ4v) is 3.34. The van der Waals surface area contributed by atoms with Gasteiger partial charge in [-0.1, -0.05) is 47.5 Å². The first-order chi connectivity index (χ1) is 8.39. The van der Waals surface area contributed by atoms with Crippen molar-refractivity contribution in [3.8, 4) is 0 Å². The van der Waals surface area contributed by atoms with Crippen LogP contribution < -0.4 is 5.73 Å². The first-order valence-electron chi connectivity index (χ1n) is 7.84. The van der Waals surface area contributed by atoms with E-state index >= 15 is 0 Å². The van der Waals surface area contributed by atoms with E-state index < -0.39 is 0 Å².